The van der Waals surface area contributed by atoms with Crippen molar-refractivity contribution in [3.05, 3.63) is 37.0 Å². The lowest BCUT2D eigenvalue weighted by atomic mass is 9.50. The Morgan fingerprint density at radius 2 is 1.43 bits per heavy atom. The molecule has 10 saturated carbocycles. The van der Waals surface area contributed by atoms with E-state index < -0.39 is 23.1 Å². The van der Waals surface area contributed by atoms with Gasteiger partial charge in [0.05, 0.1) is 18.1 Å². The minimum Gasteiger partial charge on any atom is -0.460 e. The quantitative estimate of drug-likeness (QED) is 0.118. The lowest BCUT2D eigenvalue weighted by Crippen LogP contribution is -2.60. The maximum absolute atomic E-state index is 12.2. The van der Waals surface area contributed by atoms with E-state index in [1.165, 1.54) is 38.5 Å². The standard InChI is InChI=1S/C19H28O5.C14H20O3.C11H12O4/c1-12(2)18(21)23-5-4-22-11-17(20)24-19(3)15-7-13-6-14(9-15)10-16(19)8-13;1-9(2)12(15)17-14-6-10-3-11(7-14)5-13(16,4-10)8-14;1-2-8(12)14-9-5-3-6-7(4-5)11(13)15-10(6)9/h13-16H,1,4-11H2,2-3H3;10-11,16H,1,3-8H2,2H3;2,5-7,9-10H,1,3-4H2. The summed E-state index contributed by atoms with van der Waals surface area (Å²) in [7, 11) is 0. The lowest BCUT2D eigenvalue weighted by molar-refractivity contribution is -0.217. The first-order chi connectivity index (χ1) is 26.5. The van der Waals surface area contributed by atoms with Crippen molar-refractivity contribution in [2.45, 2.75) is 133 Å². The van der Waals surface area contributed by atoms with Gasteiger partial charge in [0, 0.05) is 35.5 Å². The molecule has 1 heterocycles. The normalized spacial score (nSPS) is 42.0. The average Bonchev–Trinajstić information content (AvgIpc) is 3.75. The van der Waals surface area contributed by atoms with E-state index in [1.807, 2.05) is 0 Å². The summed E-state index contributed by atoms with van der Waals surface area (Å²) < 4.78 is 32.3. The molecule has 0 aromatic carbocycles. The molecule has 0 amide bonds. The second-order valence-electron chi connectivity index (χ2n) is 19.0. The van der Waals surface area contributed by atoms with Crippen LogP contribution in [-0.4, -0.2) is 83.8 Å². The fourth-order valence-corrected chi connectivity index (χ4v) is 12.8. The van der Waals surface area contributed by atoms with Gasteiger partial charge in [-0.25, -0.2) is 19.2 Å². The van der Waals surface area contributed by atoms with Gasteiger partial charge in [-0.3, -0.25) is 4.79 Å². The van der Waals surface area contributed by atoms with Crippen LogP contribution in [0, 0.1) is 53.3 Å². The minimum absolute atomic E-state index is 0.0682. The molecule has 11 fully saturated rings. The van der Waals surface area contributed by atoms with Crippen LogP contribution >= 0.6 is 0 Å². The molecule has 308 valence electrons. The molecule has 0 spiro atoms. The van der Waals surface area contributed by atoms with Crippen LogP contribution in [0.4, 0.5) is 0 Å². The molecule has 12 heteroatoms. The van der Waals surface area contributed by atoms with Gasteiger partial charge in [-0.05, 0) is 133 Å². The molecule has 10 aliphatic carbocycles. The number of hydrogen-bond acceptors (Lipinski definition) is 12. The van der Waals surface area contributed by atoms with Crippen molar-refractivity contribution in [1.29, 1.82) is 0 Å². The largest absolute Gasteiger partial charge is 0.460 e. The number of ether oxygens (including phenoxy) is 6. The summed E-state index contributed by atoms with van der Waals surface area (Å²) in [6.45, 7) is 16.1. The topological polar surface area (TPSA) is 161 Å². The first kappa shape index (κ1) is 40.7. The Kier molecular flexibility index (Phi) is 11.4. The number of carbonyl (C=O) groups is 5. The molecule has 0 aromatic heterocycles. The monoisotopic (exact) mass is 780 g/mol. The van der Waals surface area contributed by atoms with Crippen molar-refractivity contribution in [2.75, 3.05) is 19.8 Å². The SMILES string of the molecule is C=C(C)C(=O)OC12CC3CC(CC(O)(C3)C1)C2.C=C(C)C(=O)OCCOCC(=O)OC1(C)C2CC3CC(C2)CC1C3.C=CC(=O)OC1C2CC3C(=O)OC1C3C2. The fourth-order valence-electron chi connectivity index (χ4n) is 12.8. The van der Waals surface area contributed by atoms with Crippen LogP contribution in [-0.2, 0) is 52.4 Å². The predicted molar refractivity (Wildman–Crippen MR) is 201 cm³/mol. The van der Waals surface area contributed by atoms with E-state index >= 15 is 0 Å². The zero-order valence-electron chi connectivity index (χ0n) is 33.3. The third-order valence-corrected chi connectivity index (χ3v) is 14.6. The van der Waals surface area contributed by atoms with E-state index in [0.717, 1.165) is 56.4 Å². The van der Waals surface area contributed by atoms with Crippen LogP contribution in [0.3, 0.4) is 0 Å². The Labute approximate surface area is 330 Å². The van der Waals surface area contributed by atoms with Gasteiger partial charge in [-0.1, -0.05) is 19.7 Å². The van der Waals surface area contributed by atoms with Crippen molar-refractivity contribution < 1.29 is 57.5 Å². The molecule has 56 heavy (non-hydrogen) atoms. The van der Waals surface area contributed by atoms with Crippen molar-refractivity contribution in [3.63, 3.8) is 0 Å². The molecule has 12 nitrogen and oxygen atoms in total. The van der Waals surface area contributed by atoms with E-state index in [2.05, 4.69) is 26.7 Å². The van der Waals surface area contributed by atoms with Crippen LogP contribution < -0.4 is 0 Å². The van der Waals surface area contributed by atoms with Gasteiger partial charge in [0.1, 0.15) is 36.6 Å². The highest BCUT2D eigenvalue weighted by Gasteiger charge is 2.63. The zero-order valence-corrected chi connectivity index (χ0v) is 33.3. The Balaban J connectivity index is 0.000000133. The highest BCUT2D eigenvalue weighted by molar-refractivity contribution is 5.87. The summed E-state index contributed by atoms with van der Waals surface area (Å²) in [6.07, 6.45) is 14.2. The highest BCUT2D eigenvalue weighted by Crippen LogP contribution is 2.60. The van der Waals surface area contributed by atoms with Crippen LogP contribution in [0.2, 0.25) is 0 Å². The van der Waals surface area contributed by atoms with Crippen LogP contribution in [0.25, 0.3) is 0 Å². The van der Waals surface area contributed by atoms with Gasteiger partial charge in [0.25, 0.3) is 0 Å². The Hall–Kier alpha value is -3.51. The van der Waals surface area contributed by atoms with Gasteiger partial charge >= 0.3 is 29.8 Å². The molecule has 11 aliphatic rings. The molecule has 0 aromatic rings. The third kappa shape index (κ3) is 8.24. The second-order valence-corrected chi connectivity index (χ2v) is 19.0. The predicted octanol–water partition coefficient (Wildman–Crippen LogP) is 5.74. The molecule has 1 N–H and O–H groups in total. The molecule has 0 radical (unpaired) electrons. The summed E-state index contributed by atoms with van der Waals surface area (Å²) in [5.41, 5.74) is -0.480. The molecule has 1 saturated heterocycles. The molecule has 7 atom stereocenters. The fraction of sp³-hybridized carbons (Fsp3) is 0.750. The van der Waals surface area contributed by atoms with Gasteiger partial charge in [0.2, 0.25) is 0 Å². The van der Waals surface area contributed by atoms with Crippen molar-refractivity contribution in [3.8, 4) is 0 Å². The number of fused-ring (bicyclic) bond motifs is 1. The number of esters is 5. The summed E-state index contributed by atoms with van der Waals surface area (Å²) in [5, 5.41) is 10.5. The van der Waals surface area contributed by atoms with Gasteiger partial charge in [-0.2, -0.15) is 0 Å². The lowest BCUT2D eigenvalue weighted by Gasteiger charge is -2.59. The number of aliphatic hydroxyl groups is 1. The minimum atomic E-state index is -0.570. The second kappa shape index (κ2) is 15.7. The molecule has 1 aliphatic heterocycles. The Morgan fingerprint density at radius 1 is 0.821 bits per heavy atom. The van der Waals surface area contributed by atoms with Crippen molar-refractivity contribution in [1.82, 2.24) is 0 Å². The first-order valence-corrected chi connectivity index (χ1v) is 20.8. The van der Waals surface area contributed by atoms with E-state index in [-0.39, 0.29) is 67.4 Å². The summed E-state index contributed by atoms with van der Waals surface area (Å²) in [5.74, 6) is 2.87. The van der Waals surface area contributed by atoms with Crippen LogP contribution in [0.5, 0.6) is 0 Å². The third-order valence-electron chi connectivity index (χ3n) is 14.6. The highest BCUT2D eigenvalue weighted by atomic mass is 16.6. The Bertz CT molecular complexity index is 1590. The maximum atomic E-state index is 12.2. The van der Waals surface area contributed by atoms with Crippen LogP contribution in [0.15, 0.2) is 37.0 Å². The molecular weight excluding hydrogens is 720 g/mol. The molecule has 10 bridgehead atoms. The first-order valence-electron chi connectivity index (χ1n) is 20.8. The Morgan fingerprint density at radius 3 is 2.00 bits per heavy atom. The van der Waals surface area contributed by atoms with Crippen molar-refractivity contribution in [2.24, 2.45) is 53.3 Å². The molecule has 7 unspecified atom stereocenters. The average molecular weight is 781 g/mol. The van der Waals surface area contributed by atoms with E-state index in [9.17, 15) is 29.1 Å². The van der Waals surface area contributed by atoms with Gasteiger partial charge < -0.3 is 33.5 Å². The summed E-state index contributed by atoms with van der Waals surface area (Å²) >= 11 is 0. The summed E-state index contributed by atoms with van der Waals surface area (Å²) in [6, 6.07) is 0. The maximum Gasteiger partial charge on any atom is 0.333 e. The van der Waals surface area contributed by atoms with E-state index in [4.69, 9.17) is 28.4 Å². The van der Waals surface area contributed by atoms with Crippen LogP contribution in [0.1, 0.15) is 104 Å². The smallest absolute Gasteiger partial charge is 0.333 e. The molecular formula is C44H60O12. The zero-order chi connectivity index (χ0) is 40.2. The van der Waals surface area contributed by atoms with Gasteiger partial charge in [0.15, 0.2) is 0 Å². The van der Waals surface area contributed by atoms with E-state index in [1.54, 1.807) is 13.8 Å². The number of rotatable bonds is 11. The number of carbonyl (C=O) groups excluding carboxylic acids is 5. The van der Waals surface area contributed by atoms with Crippen molar-refractivity contribution >= 4 is 29.8 Å². The van der Waals surface area contributed by atoms with E-state index in [0.29, 0.717) is 47.2 Å². The molecule has 11 rings (SSSR count). The summed E-state index contributed by atoms with van der Waals surface area (Å²) in [4.78, 5) is 57.7. The van der Waals surface area contributed by atoms with Gasteiger partial charge in [-0.15, -0.1) is 0 Å². The number of hydrogen-bond donors (Lipinski definition) is 1.